The zero-order valence-corrected chi connectivity index (χ0v) is 28.4. The monoisotopic (exact) mass is 672 g/mol. The third-order valence-electron chi connectivity index (χ3n) is 10.5. The normalized spacial score (nSPS) is 13.9. The Balaban J connectivity index is 1.07. The van der Waals surface area contributed by atoms with Crippen LogP contribution in [0.15, 0.2) is 164 Å². The van der Waals surface area contributed by atoms with Crippen LogP contribution in [0.4, 0.5) is 22.7 Å². The van der Waals surface area contributed by atoms with Gasteiger partial charge in [-0.3, -0.25) is 9.13 Å². The first-order valence-corrected chi connectivity index (χ1v) is 17.6. The van der Waals surface area contributed by atoms with E-state index in [9.17, 15) is 0 Å². The number of anilines is 4. The van der Waals surface area contributed by atoms with Crippen LogP contribution in [-0.4, -0.2) is 32.7 Å². The van der Waals surface area contributed by atoms with Crippen LogP contribution >= 0.6 is 0 Å². The van der Waals surface area contributed by atoms with Crippen molar-refractivity contribution in [3.05, 3.63) is 164 Å². The number of para-hydroxylation sites is 5. The summed E-state index contributed by atoms with van der Waals surface area (Å²) in [6, 6.07) is 53.5. The van der Waals surface area contributed by atoms with Crippen molar-refractivity contribution in [1.29, 1.82) is 0 Å². The Bertz CT molecular complexity index is 2850. The van der Waals surface area contributed by atoms with Crippen molar-refractivity contribution < 1.29 is 4.74 Å². The summed E-state index contributed by atoms with van der Waals surface area (Å²) in [4.78, 5) is 11.7. The van der Waals surface area contributed by atoms with Gasteiger partial charge in [-0.15, -0.1) is 0 Å². The highest BCUT2D eigenvalue weighted by Crippen LogP contribution is 2.52. The van der Waals surface area contributed by atoms with Gasteiger partial charge in [-0.05, 0) is 72.8 Å². The SMILES string of the molecule is CN1CN(c2ccc3c(c2)N(c2ccc4c5ccccc5n(-c5ccccn5)c4c2)c2ccccc2O3)C=C1n1c2ccccc2c2ccccc21. The number of aromatic nitrogens is 3. The summed E-state index contributed by atoms with van der Waals surface area (Å²) in [5.41, 5.74) is 8.72. The maximum absolute atomic E-state index is 6.57. The number of fused-ring (bicyclic) bond motifs is 8. The van der Waals surface area contributed by atoms with Crippen molar-refractivity contribution in [1.82, 2.24) is 19.0 Å². The van der Waals surface area contributed by atoms with Crippen molar-refractivity contribution in [2.24, 2.45) is 0 Å². The third-order valence-corrected chi connectivity index (χ3v) is 10.5. The van der Waals surface area contributed by atoms with Gasteiger partial charge in [0.25, 0.3) is 0 Å². The minimum atomic E-state index is 0.711. The first-order chi connectivity index (χ1) is 25.7. The van der Waals surface area contributed by atoms with Crippen LogP contribution in [0.2, 0.25) is 0 Å². The van der Waals surface area contributed by atoms with Gasteiger partial charge in [-0.25, -0.2) is 4.98 Å². The molecule has 0 N–H and O–H groups in total. The number of benzene rings is 6. The highest BCUT2D eigenvalue weighted by Gasteiger charge is 2.29. The molecule has 5 heterocycles. The second-order valence-electron chi connectivity index (χ2n) is 13.5. The van der Waals surface area contributed by atoms with Gasteiger partial charge in [0.05, 0.1) is 40.1 Å². The van der Waals surface area contributed by atoms with E-state index in [0.29, 0.717) is 6.67 Å². The molecule has 0 saturated heterocycles. The Morgan fingerprint density at radius 1 is 0.519 bits per heavy atom. The maximum Gasteiger partial charge on any atom is 0.151 e. The third kappa shape index (κ3) is 4.16. The number of rotatable bonds is 4. The number of ether oxygens (including phenoxy) is 1. The smallest absolute Gasteiger partial charge is 0.151 e. The molecule has 0 unspecified atom stereocenters. The minimum absolute atomic E-state index is 0.711. The molecule has 0 aliphatic carbocycles. The Labute approximate surface area is 300 Å². The van der Waals surface area contributed by atoms with Gasteiger partial charge in [0.15, 0.2) is 11.5 Å². The van der Waals surface area contributed by atoms with Crippen molar-refractivity contribution >= 4 is 72.2 Å². The van der Waals surface area contributed by atoms with Crippen LogP contribution in [0.3, 0.4) is 0 Å². The summed E-state index contributed by atoms with van der Waals surface area (Å²) in [5.74, 6) is 3.65. The van der Waals surface area contributed by atoms with E-state index in [4.69, 9.17) is 9.72 Å². The Morgan fingerprint density at radius 3 is 1.87 bits per heavy atom. The lowest BCUT2D eigenvalue weighted by atomic mass is 10.1. The van der Waals surface area contributed by atoms with Crippen molar-refractivity contribution in [3.63, 3.8) is 0 Å². The largest absolute Gasteiger partial charge is 0.453 e. The van der Waals surface area contributed by atoms with Gasteiger partial charge in [0.1, 0.15) is 11.6 Å². The minimum Gasteiger partial charge on any atom is -0.453 e. The van der Waals surface area contributed by atoms with Gasteiger partial charge in [-0.2, -0.15) is 0 Å². The topological polar surface area (TPSA) is 41.7 Å². The fourth-order valence-corrected chi connectivity index (χ4v) is 8.16. The van der Waals surface area contributed by atoms with Gasteiger partial charge in [0.2, 0.25) is 0 Å². The first-order valence-electron chi connectivity index (χ1n) is 17.6. The van der Waals surface area contributed by atoms with Gasteiger partial charge in [0, 0.05) is 52.4 Å². The molecule has 0 saturated carbocycles. The van der Waals surface area contributed by atoms with Gasteiger partial charge >= 0.3 is 0 Å². The number of hydrogen-bond acceptors (Lipinski definition) is 5. The van der Waals surface area contributed by atoms with E-state index >= 15 is 0 Å². The molecule has 6 aromatic carbocycles. The molecule has 0 bridgehead atoms. The van der Waals surface area contributed by atoms with Crippen LogP contribution in [0.25, 0.3) is 55.3 Å². The Kier molecular flexibility index (Phi) is 6.10. The number of pyridine rings is 1. The molecule has 0 fully saturated rings. The van der Waals surface area contributed by atoms with Crippen molar-refractivity contribution in [3.8, 4) is 17.3 Å². The molecule has 0 atom stereocenters. The average molecular weight is 673 g/mol. The maximum atomic E-state index is 6.57. The lowest BCUT2D eigenvalue weighted by Gasteiger charge is -2.34. The van der Waals surface area contributed by atoms with Crippen LogP contribution in [0, 0.1) is 0 Å². The lowest BCUT2D eigenvalue weighted by molar-refractivity contribution is 0.476. The van der Waals surface area contributed by atoms with Crippen LogP contribution in [0.5, 0.6) is 11.5 Å². The molecule has 7 heteroatoms. The summed E-state index contributed by atoms with van der Waals surface area (Å²) >= 11 is 0. The molecule has 0 amide bonds. The molecule has 248 valence electrons. The molecule has 52 heavy (non-hydrogen) atoms. The molecule has 11 rings (SSSR count). The summed E-state index contributed by atoms with van der Waals surface area (Å²) < 4.78 is 11.2. The van der Waals surface area contributed by atoms with Crippen LogP contribution in [0.1, 0.15) is 0 Å². The van der Waals surface area contributed by atoms with Crippen LogP contribution < -0.4 is 14.5 Å². The molecule has 7 nitrogen and oxygen atoms in total. The van der Waals surface area contributed by atoms with E-state index in [1.807, 2.05) is 30.5 Å². The second kappa shape index (κ2) is 11.0. The summed E-state index contributed by atoms with van der Waals surface area (Å²) in [7, 11) is 2.16. The zero-order chi connectivity index (χ0) is 34.3. The highest BCUT2D eigenvalue weighted by atomic mass is 16.5. The van der Waals surface area contributed by atoms with Crippen LogP contribution in [-0.2, 0) is 0 Å². The molecule has 9 aromatic rings. The number of nitrogens with zero attached hydrogens (tertiary/aromatic N) is 6. The van der Waals surface area contributed by atoms with E-state index in [2.05, 4.69) is 164 Å². The average Bonchev–Trinajstić information content (AvgIpc) is 3.85. The van der Waals surface area contributed by atoms with Crippen molar-refractivity contribution in [2.75, 3.05) is 23.5 Å². The Hall–Kier alpha value is -6.99. The second-order valence-corrected chi connectivity index (χ2v) is 13.5. The predicted molar refractivity (Wildman–Crippen MR) is 212 cm³/mol. The highest BCUT2D eigenvalue weighted by molar-refractivity contribution is 6.11. The van der Waals surface area contributed by atoms with E-state index in [1.165, 1.54) is 32.6 Å². The Morgan fingerprint density at radius 2 is 1.13 bits per heavy atom. The van der Waals surface area contributed by atoms with E-state index in [1.54, 1.807) is 0 Å². The standard InChI is InChI=1S/C45H32N6O/c1-47-29-48(28-45(47)51-37-16-6-3-12-32(37)33-13-4-7-17-38(33)51)30-22-24-43-41(26-30)49(39-18-8-9-19-42(39)52-43)31-21-23-35-34-14-2-5-15-36(34)50(40(35)27-31)44-20-10-11-25-46-44/h2-28H,29H2,1H3. The zero-order valence-electron chi connectivity index (χ0n) is 28.4. The molecule has 0 spiro atoms. The van der Waals surface area contributed by atoms with Gasteiger partial charge in [-0.1, -0.05) is 78.9 Å². The summed E-state index contributed by atoms with van der Waals surface area (Å²) in [5, 5.41) is 4.89. The molecule has 3 aromatic heterocycles. The fourth-order valence-electron chi connectivity index (χ4n) is 8.16. The first kappa shape index (κ1) is 28.8. The molecule has 2 aliphatic rings. The molecular formula is C45H32N6O. The van der Waals surface area contributed by atoms with Crippen molar-refractivity contribution in [2.45, 2.75) is 0 Å². The fraction of sp³-hybridized carbons (Fsp3) is 0.0444. The molecular weight excluding hydrogens is 641 g/mol. The molecule has 0 radical (unpaired) electrons. The number of hydrogen-bond donors (Lipinski definition) is 0. The summed E-state index contributed by atoms with van der Waals surface area (Å²) in [6.45, 7) is 0.711. The van der Waals surface area contributed by atoms with Gasteiger partial charge < -0.3 is 19.4 Å². The molecule has 2 aliphatic heterocycles. The summed E-state index contributed by atoms with van der Waals surface area (Å²) in [6.07, 6.45) is 4.12. The predicted octanol–water partition coefficient (Wildman–Crippen LogP) is 11.0. The lowest BCUT2D eigenvalue weighted by Crippen LogP contribution is -2.24. The quantitative estimate of drug-likeness (QED) is 0.186. The van der Waals surface area contributed by atoms with E-state index in [-0.39, 0.29) is 0 Å². The van der Waals surface area contributed by atoms with E-state index in [0.717, 1.165) is 56.9 Å². The van der Waals surface area contributed by atoms with E-state index < -0.39 is 0 Å².